The van der Waals surface area contributed by atoms with Crippen LogP contribution in [0.2, 0.25) is 0 Å². The largest absolute Gasteiger partial charge is 0.368 e. The van der Waals surface area contributed by atoms with E-state index < -0.39 is 0 Å². The molecule has 3 aliphatic heterocycles. The maximum atomic E-state index is 12.5. The molecule has 0 N–H and O–H groups in total. The van der Waals surface area contributed by atoms with E-state index in [9.17, 15) is 9.59 Å². The van der Waals surface area contributed by atoms with Gasteiger partial charge >= 0.3 is 0 Å². The second-order valence-electron chi connectivity index (χ2n) is 7.95. The third-order valence-corrected chi connectivity index (χ3v) is 5.91. The highest BCUT2D eigenvalue weighted by molar-refractivity contribution is 5.81. The van der Waals surface area contributed by atoms with Crippen molar-refractivity contribution in [3.63, 3.8) is 0 Å². The van der Waals surface area contributed by atoms with Crippen LogP contribution >= 0.6 is 0 Å². The fraction of sp³-hybridized carbons (Fsp3) is 0.889. The van der Waals surface area contributed by atoms with Crippen molar-refractivity contribution < 1.29 is 14.3 Å². The highest BCUT2D eigenvalue weighted by Gasteiger charge is 2.42. The van der Waals surface area contributed by atoms with E-state index in [1.165, 1.54) is 0 Å². The van der Waals surface area contributed by atoms with Gasteiger partial charge in [0.25, 0.3) is 5.91 Å². The summed E-state index contributed by atoms with van der Waals surface area (Å²) in [6, 6.07) is 0. The van der Waals surface area contributed by atoms with Crippen molar-refractivity contribution >= 4 is 11.8 Å². The van der Waals surface area contributed by atoms with Crippen molar-refractivity contribution in [2.45, 2.75) is 44.6 Å². The number of amides is 2. The molecule has 136 valence electrons. The maximum Gasteiger partial charge on any atom is 0.251 e. The van der Waals surface area contributed by atoms with Gasteiger partial charge in [0.2, 0.25) is 5.91 Å². The number of carbonyl (C=O) groups excluding carboxylic acids is 2. The molecule has 1 unspecified atom stereocenters. The molecular weight excluding hydrogens is 306 g/mol. The van der Waals surface area contributed by atoms with Gasteiger partial charge in [0.15, 0.2) is 0 Å². The summed E-state index contributed by atoms with van der Waals surface area (Å²) >= 11 is 0. The van der Waals surface area contributed by atoms with Gasteiger partial charge in [0.1, 0.15) is 6.10 Å². The van der Waals surface area contributed by atoms with Crippen molar-refractivity contribution in [3.05, 3.63) is 0 Å². The molecule has 6 nitrogen and oxygen atoms in total. The minimum absolute atomic E-state index is 0.179. The van der Waals surface area contributed by atoms with E-state index in [1.807, 2.05) is 23.9 Å². The van der Waals surface area contributed by atoms with Crippen molar-refractivity contribution in [3.8, 4) is 0 Å². The Morgan fingerprint density at radius 1 is 1.29 bits per heavy atom. The zero-order valence-electron chi connectivity index (χ0n) is 15.1. The second kappa shape index (κ2) is 7.40. The van der Waals surface area contributed by atoms with Crippen LogP contribution in [0.5, 0.6) is 0 Å². The van der Waals surface area contributed by atoms with Crippen LogP contribution in [0, 0.1) is 5.41 Å². The zero-order valence-corrected chi connectivity index (χ0v) is 15.1. The Balaban J connectivity index is 1.54. The summed E-state index contributed by atoms with van der Waals surface area (Å²) in [6.45, 7) is 4.93. The first-order valence-corrected chi connectivity index (χ1v) is 9.32. The smallest absolute Gasteiger partial charge is 0.251 e. The van der Waals surface area contributed by atoms with Crippen molar-refractivity contribution in [1.29, 1.82) is 0 Å². The van der Waals surface area contributed by atoms with E-state index >= 15 is 0 Å². The molecule has 3 saturated heterocycles. The normalized spacial score (nSPS) is 27.3. The van der Waals surface area contributed by atoms with Crippen LogP contribution in [-0.4, -0.2) is 86.0 Å². The van der Waals surface area contributed by atoms with Crippen LogP contribution in [0.15, 0.2) is 0 Å². The highest BCUT2D eigenvalue weighted by atomic mass is 16.5. The molecule has 0 aliphatic carbocycles. The van der Waals surface area contributed by atoms with E-state index in [2.05, 4.69) is 4.90 Å². The molecule has 1 atom stereocenters. The van der Waals surface area contributed by atoms with Crippen LogP contribution in [-0.2, 0) is 14.3 Å². The summed E-state index contributed by atoms with van der Waals surface area (Å²) < 4.78 is 5.54. The fourth-order valence-corrected chi connectivity index (χ4v) is 4.21. The fourth-order valence-electron chi connectivity index (χ4n) is 4.21. The molecule has 0 saturated carbocycles. The van der Waals surface area contributed by atoms with Gasteiger partial charge < -0.3 is 19.4 Å². The second-order valence-corrected chi connectivity index (χ2v) is 7.95. The average Bonchev–Trinajstić information content (AvgIpc) is 3.10. The molecule has 3 heterocycles. The molecule has 1 spiro atoms. The van der Waals surface area contributed by atoms with E-state index in [4.69, 9.17) is 4.74 Å². The number of hydrogen-bond acceptors (Lipinski definition) is 4. The minimum atomic E-state index is -0.205. The first-order valence-electron chi connectivity index (χ1n) is 9.32. The number of likely N-dealkylation sites (tertiary alicyclic amines) is 2. The molecule has 0 radical (unpaired) electrons. The van der Waals surface area contributed by atoms with E-state index in [-0.39, 0.29) is 17.4 Å². The van der Waals surface area contributed by atoms with Gasteiger partial charge in [-0.2, -0.15) is 0 Å². The molecule has 0 bridgehead atoms. The molecule has 0 aromatic carbocycles. The number of hydrogen-bond donors (Lipinski definition) is 0. The molecule has 3 rings (SSSR count). The third kappa shape index (κ3) is 3.91. The Morgan fingerprint density at radius 2 is 2.04 bits per heavy atom. The SMILES string of the molecule is CN(C)CCN1CC2(CCC1=O)CCN(C(=O)C1CCCO1)CC2. The Labute approximate surface area is 145 Å². The first kappa shape index (κ1) is 17.7. The maximum absolute atomic E-state index is 12.5. The molecule has 6 heteroatoms. The Bertz CT molecular complexity index is 466. The lowest BCUT2D eigenvalue weighted by Gasteiger charge is -2.47. The van der Waals surface area contributed by atoms with Gasteiger partial charge in [-0.05, 0) is 51.6 Å². The van der Waals surface area contributed by atoms with E-state index in [1.54, 1.807) is 0 Å². The summed E-state index contributed by atoms with van der Waals surface area (Å²) in [5.41, 5.74) is 0.216. The molecular formula is C18H31N3O3. The zero-order chi connectivity index (χ0) is 17.2. The molecule has 0 aromatic heterocycles. The van der Waals surface area contributed by atoms with E-state index in [0.717, 1.165) is 71.4 Å². The van der Waals surface area contributed by atoms with Crippen molar-refractivity contribution in [1.82, 2.24) is 14.7 Å². The number of piperidine rings is 2. The lowest BCUT2D eigenvalue weighted by molar-refractivity contribution is -0.147. The van der Waals surface area contributed by atoms with Crippen LogP contribution in [0.1, 0.15) is 38.5 Å². The van der Waals surface area contributed by atoms with Gasteiger partial charge in [-0.3, -0.25) is 9.59 Å². The summed E-state index contributed by atoms with van der Waals surface area (Å²) in [5.74, 6) is 0.471. The molecule has 3 fully saturated rings. The van der Waals surface area contributed by atoms with Gasteiger partial charge in [-0.15, -0.1) is 0 Å². The summed E-state index contributed by atoms with van der Waals surface area (Å²) in [7, 11) is 4.08. The number of ether oxygens (including phenoxy) is 1. The predicted octanol–water partition coefficient (Wildman–Crippen LogP) is 0.958. The lowest BCUT2D eigenvalue weighted by Crippen LogP contribution is -2.54. The Kier molecular flexibility index (Phi) is 5.45. The van der Waals surface area contributed by atoms with Gasteiger partial charge in [0.05, 0.1) is 0 Å². The summed E-state index contributed by atoms with van der Waals surface area (Å²) in [4.78, 5) is 30.9. The van der Waals surface area contributed by atoms with Crippen LogP contribution in [0.4, 0.5) is 0 Å². The summed E-state index contributed by atoms with van der Waals surface area (Å²) in [5, 5.41) is 0. The molecule has 3 aliphatic rings. The first-order chi connectivity index (χ1) is 11.5. The number of carbonyl (C=O) groups is 2. The van der Waals surface area contributed by atoms with Crippen molar-refractivity contribution in [2.75, 3.05) is 53.4 Å². The predicted molar refractivity (Wildman–Crippen MR) is 91.6 cm³/mol. The summed E-state index contributed by atoms with van der Waals surface area (Å²) in [6.07, 6.45) is 5.32. The van der Waals surface area contributed by atoms with Crippen LogP contribution < -0.4 is 0 Å². The van der Waals surface area contributed by atoms with Gasteiger partial charge in [-0.25, -0.2) is 0 Å². The van der Waals surface area contributed by atoms with Crippen LogP contribution in [0.25, 0.3) is 0 Å². The average molecular weight is 337 g/mol. The van der Waals surface area contributed by atoms with Crippen molar-refractivity contribution in [2.24, 2.45) is 5.41 Å². The molecule has 0 aromatic rings. The Morgan fingerprint density at radius 3 is 2.67 bits per heavy atom. The standard InChI is InChI=1S/C18H31N3O3/c1-19(2)11-12-21-14-18(6-5-16(21)22)7-9-20(10-8-18)17(23)15-4-3-13-24-15/h15H,3-14H2,1-2H3. The number of nitrogens with zero attached hydrogens (tertiary/aromatic N) is 3. The Hall–Kier alpha value is -1.14. The van der Waals surface area contributed by atoms with Gasteiger partial charge in [0, 0.05) is 45.8 Å². The topological polar surface area (TPSA) is 53.1 Å². The van der Waals surface area contributed by atoms with E-state index in [0.29, 0.717) is 12.3 Å². The molecule has 2 amide bonds. The molecule has 24 heavy (non-hydrogen) atoms. The number of rotatable bonds is 4. The quantitative estimate of drug-likeness (QED) is 0.767. The van der Waals surface area contributed by atoms with Crippen LogP contribution in [0.3, 0.4) is 0 Å². The third-order valence-electron chi connectivity index (χ3n) is 5.91. The van der Waals surface area contributed by atoms with Gasteiger partial charge in [-0.1, -0.05) is 0 Å². The minimum Gasteiger partial charge on any atom is -0.368 e. The highest BCUT2D eigenvalue weighted by Crippen LogP contribution is 2.40. The lowest BCUT2D eigenvalue weighted by atomic mass is 9.72. The number of likely N-dealkylation sites (N-methyl/N-ethyl adjacent to an activating group) is 1. The monoisotopic (exact) mass is 337 g/mol.